The van der Waals surface area contributed by atoms with E-state index in [1.807, 2.05) is 23.1 Å². The lowest BCUT2D eigenvalue weighted by atomic mass is 9.86. The molecular weight excluding hydrogens is 514 g/mol. The standard InChI is InChI=1S/C33H41N5O3/c1-41-28-10-11-29-27(20-28)9-8-26(32(39)36-29)7-6-23-12-16-37(17-13-23)31-21-30(34-22-35-31)33(40)38-18-14-24-4-2-3-5-25(24)15-19-38/h2-5,10-11,20-23,26,32,36,39H,6-9,12-19H2,1H3. The van der Waals surface area contributed by atoms with Crippen molar-refractivity contribution in [2.75, 3.05) is 43.5 Å². The number of benzene rings is 2. The molecule has 2 aromatic carbocycles. The van der Waals surface area contributed by atoms with Crippen LogP contribution in [0.1, 0.15) is 59.3 Å². The Hall–Kier alpha value is -3.65. The molecule has 3 aliphatic rings. The predicted molar refractivity (Wildman–Crippen MR) is 160 cm³/mol. The number of hydrogen-bond acceptors (Lipinski definition) is 7. The van der Waals surface area contributed by atoms with Gasteiger partial charge in [-0.1, -0.05) is 24.3 Å². The van der Waals surface area contributed by atoms with Crippen molar-refractivity contribution in [3.05, 3.63) is 77.2 Å². The predicted octanol–water partition coefficient (Wildman–Crippen LogP) is 4.72. The molecule has 6 rings (SSSR count). The van der Waals surface area contributed by atoms with Crippen LogP contribution >= 0.6 is 0 Å². The Balaban J connectivity index is 0.998. The Morgan fingerprint density at radius 2 is 1.68 bits per heavy atom. The maximum atomic E-state index is 13.4. The van der Waals surface area contributed by atoms with Crippen molar-refractivity contribution >= 4 is 17.4 Å². The van der Waals surface area contributed by atoms with Crippen LogP contribution in [0.2, 0.25) is 0 Å². The van der Waals surface area contributed by atoms with Crippen molar-refractivity contribution in [2.45, 2.75) is 57.6 Å². The van der Waals surface area contributed by atoms with Crippen LogP contribution in [0.15, 0.2) is 54.9 Å². The second kappa shape index (κ2) is 12.5. The number of hydrogen-bond donors (Lipinski definition) is 2. The van der Waals surface area contributed by atoms with Gasteiger partial charge in [0.2, 0.25) is 0 Å². The molecule has 41 heavy (non-hydrogen) atoms. The summed E-state index contributed by atoms with van der Waals surface area (Å²) in [6, 6.07) is 16.4. The first-order valence-electron chi connectivity index (χ1n) is 15.1. The van der Waals surface area contributed by atoms with E-state index in [9.17, 15) is 9.90 Å². The summed E-state index contributed by atoms with van der Waals surface area (Å²) in [6.07, 6.45) is 8.97. The molecule has 0 radical (unpaired) electrons. The van der Waals surface area contributed by atoms with E-state index in [1.54, 1.807) is 7.11 Å². The number of aryl methyl sites for hydroxylation is 1. The van der Waals surface area contributed by atoms with Crippen LogP contribution in [0.5, 0.6) is 5.75 Å². The zero-order valence-corrected chi connectivity index (χ0v) is 24.0. The van der Waals surface area contributed by atoms with E-state index in [4.69, 9.17) is 4.74 Å². The lowest BCUT2D eigenvalue weighted by Gasteiger charge is -2.34. The minimum absolute atomic E-state index is 0.00694. The number of carbonyl (C=O) groups excluding carboxylic acids is 1. The summed E-state index contributed by atoms with van der Waals surface area (Å²) in [5, 5.41) is 14.2. The molecule has 0 bridgehead atoms. The van der Waals surface area contributed by atoms with Gasteiger partial charge in [0.05, 0.1) is 7.11 Å². The van der Waals surface area contributed by atoms with Crippen molar-refractivity contribution in [3.8, 4) is 5.75 Å². The van der Waals surface area contributed by atoms with Gasteiger partial charge in [-0.25, -0.2) is 9.97 Å². The summed E-state index contributed by atoms with van der Waals surface area (Å²) >= 11 is 0. The van der Waals surface area contributed by atoms with Gasteiger partial charge >= 0.3 is 0 Å². The van der Waals surface area contributed by atoms with Crippen LogP contribution in [0.4, 0.5) is 11.5 Å². The van der Waals surface area contributed by atoms with Gasteiger partial charge in [0.15, 0.2) is 0 Å². The molecule has 1 saturated heterocycles. The molecule has 8 heteroatoms. The molecule has 216 valence electrons. The van der Waals surface area contributed by atoms with Gasteiger partial charge in [0.1, 0.15) is 29.8 Å². The first-order chi connectivity index (χ1) is 20.1. The molecular formula is C33H41N5O3. The van der Waals surface area contributed by atoms with Gasteiger partial charge in [-0.2, -0.15) is 0 Å². The lowest BCUT2D eigenvalue weighted by Crippen LogP contribution is -2.36. The van der Waals surface area contributed by atoms with E-state index in [-0.39, 0.29) is 11.8 Å². The number of rotatable bonds is 6. The SMILES string of the molecule is COc1ccc2c(c1)CCC(CCC1CCN(c3cc(C(=O)N4CCc5ccccc5CC4)ncn3)CC1)C(O)N2. The number of carbonyl (C=O) groups is 1. The Bertz CT molecular complexity index is 1330. The Morgan fingerprint density at radius 1 is 0.927 bits per heavy atom. The van der Waals surface area contributed by atoms with Gasteiger partial charge in [0.25, 0.3) is 5.91 Å². The number of aliphatic hydroxyl groups excluding tert-OH is 1. The highest BCUT2D eigenvalue weighted by atomic mass is 16.5. The number of ether oxygens (including phenoxy) is 1. The van der Waals surface area contributed by atoms with Crippen LogP contribution in [0.25, 0.3) is 0 Å². The second-order valence-electron chi connectivity index (χ2n) is 11.7. The topological polar surface area (TPSA) is 90.8 Å². The first kappa shape index (κ1) is 27.5. The average molecular weight is 556 g/mol. The zero-order chi connectivity index (χ0) is 28.2. The van der Waals surface area contributed by atoms with Crippen molar-refractivity contribution < 1.29 is 14.6 Å². The Labute approximate surface area is 242 Å². The number of fused-ring (bicyclic) bond motifs is 2. The molecule has 3 aliphatic heterocycles. The van der Waals surface area contributed by atoms with Gasteiger partial charge in [-0.05, 0) is 92.2 Å². The van der Waals surface area contributed by atoms with Gasteiger partial charge in [-0.3, -0.25) is 4.79 Å². The van der Waals surface area contributed by atoms with Crippen molar-refractivity contribution in [1.29, 1.82) is 0 Å². The molecule has 0 aliphatic carbocycles. The summed E-state index contributed by atoms with van der Waals surface area (Å²) in [4.78, 5) is 26.5. The molecule has 1 fully saturated rings. The van der Waals surface area contributed by atoms with Crippen LogP contribution in [0, 0.1) is 11.8 Å². The molecule has 8 nitrogen and oxygen atoms in total. The van der Waals surface area contributed by atoms with Crippen molar-refractivity contribution in [1.82, 2.24) is 14.9 Å². The number of piperidine rings is 1. The summed E-state index contributed by atoms with van der Waals surface area (Å²) in [6.45, 7) is 3.27. The number of aromatic nitrogens is 2. The third-order valence-electron chi connectivity index (χ3n) is 9.31. The summed E-state index contributed by atoms with van der Waals surface area (Å²) in [7, 11) is 1.69. The molecule has 0 spiro atoms. The summed E-state index contributed by atoms with van der Waals surface area (Å²) in [5.41, 5.74) is 5.38. The zero-order valence-electron chi connectivity index (χ0n) is 24.0. The Kier molecular flexibility index (Phi) is 8.37. The molecule has 3 aromatic rings. The second-order valence-corrected chi connectivity index (χ2v) is 11.7. The maximum Gasteiger partial charge on any atom is 0.272 e. The normalized spacial score (nSPS) is 21.2. The van der Waals surface area contributed by atoms with E-state index >= 15 is 0 Å². The number of anilines is 2. The number of aliphatic hydroxyl groups is 1. The fraction of sp³-hybridized carbons (Fsp3) is 0.485. The number of nitrogens with one attached hydrogen (secondary N) is 1. The summed E-state index contributed by atoms with van der Waals surface area (Å²) in [5.74, 6) is 2.56. The third kappa shape index (κ3) is 6.32. The Morgan fingerprint density at radius 3 is 2.41 bits per heavy atom. The smallest absolute Gasteiger partial charge is 0.272 e. The van der Waals surface area contributed by atoms with E-state index in [0.717, 1.165) is 81.7 Å². The molecule has 2 unspecified atom stereocenters. The quantitative estimate of drug-likeness (QED) is 0.455. The fourth-order valence-corrected chi connectivity index (χ4v) is 6.69. The number of amides is 1. The highest BCUT2D eigenvalue weighted by Crippen LogP contribution is 2.33. The van der Waals surface area contributed by atoms with Crippen LogP contribution in [-0.2, 0) is 19.3 Å². The van der Waals surface area contributed by atoms with E-state index in [2.05, 4.69) is 50.5 Å². The third-order valence-corrected chi connectivity index (χ3v) is 9.31. The maximum absolute atomic E-state index is 13.4. The highest BCUT2D eigenvalue weighted by Gasteiger charge is 2.28. The molecule has 1 aromatic heterocycles. The molecule has 2 N–H and O–H groups in total. The molecule has 1 amide bonds. The first-order valence-corrected chi connectivity index (χ1v) is 15.1. The minimum Gasteiger partial charge on any atom is -0.497 e. The highest BCUT2D eigenvalue weighted by molar-refractivity contribution is 5.93. The molecule has 2 atom stereocenters. The van der Waals surface area contributed by atoms with Gasteiger partial charge in [-0.15, -0.1) is 0 Å². The van der Waals surface area contributed by atoms with Crippen molar-refractivity contribution in [2.24, 2.45) is 11.8 Å². The van der Waals surface area contributed by atoms with E-state index in [1.165, 1.54) is 23.0 Å². The molecule has 4 heterocycles. The minimum atomic E-state index is -0.528. The van der Waals surface area contributed by atoms with Crippen molar-refractivity contribution in [3.63, 3.8) is 0 Å². The monoisotopic (exact) mass is 555 g/mol. The van der Waals surface area contributed by atoms with Gasteiger partial charge in [0, 0.05) is 43.9 Å². The fourth-order valence-electron chi connectivity index (χ4n) is 6.69. The van der Waals surface area contributed by atoms with Crippen LogP contribution in [-0.4, -0.2) is 65.4 Å². The largest absolute Gasteiger partial charge is 0.497 e. The number of nitrogens with zero attached hydrogens (tertiary/aromatic N) is 4. The van der Waals surface area contributed by atoms with Crippen LogP contribution in [0.3, 0.4) is 0 Å². The van der Waals surface area contributed by atoms with E-state index in [0.29, 0.717) is 24.7 Å². The lowest BCUT2D eigenvalue weighted by molar-refractivity contribution is 0.0757. The average Bonchev–Trinajstić information content (AvgIpc) is 3.33. The molecule has 0 saturated carbocycles. The van der Waals surface area contributed by atoms with Gasteiger partial charge < -0.3 is 25.0 Å². The summed E-state index contributed by atoms with van der Waals surface area (Å²) < 4.78 is 5.38. The van der Waals surface area contributed by atoms with Crippen LogP contribution < -0.4 is 15.0 Å². The van der Waals surface area contributed by atoms with E-state index < -0.39 is 6.23 Å². The number of methoxy groups -OCH3 is 1.